The molecule has 0 amide bonds. The Labute approximate surface area is 118 Å². The van der Waals surface area contributed by atoms with Crippen LogP contribution in [0.2, 0.25) is 5.02 Å². The van der Waals surface area contributed by atoms with E-state index in [0.29, 0.717) is 11.6 Å². The van der Waals surface area contributed by atoms with Crippen molar-refractivity contribution in [3.05, 3.63) is 62.4 Å². The first-order valence-electron chi connectivity index (χ1n) is 5.08. The molecule has 0 aliphatic heterocycles. The predicted molar refractivity (Wildman–Crippen MR) is 77.9 cm³/mol. The van der Waals surface area contributed by atoms with Gasteiger partial charge in [0.25, 0.3) is 0 Å². The van der Waals surface area contributed by atoms with Gasteiger partial charge in [0.05, 0.1) is 10.7 Å². The maximum atomic E-state index is 12.7. The second kappa shape index (κ2) is 5.69. The van der Waals surface area contributed by atoms with Crippen LogP contribution >= 0.6 is 34.2 Å². The molecule has 0 spiro atoms. The topological polar surface area (TPSA) is 12.0 Å². The van der Waals surface area contributed by atoms with E-state index in [4.69, 9.17) is 11.6 Å². The molecule has 0 radical (unpaired) electrons. The van der Waals surface area contributed by atoms with Gasteiger partial charge in [-0.3, -0.25) is 0 Å². The van der Waals surface area contributed by atoms with E-state index < -0.39 is 0 Å². The van der Waals surface area contributed by atoms with Crippen LogP contribution in [0.25, 0.3) is 0 Å². The lowest BCUT2D eigenvalue weighted by Gasteiger charge is -2.08. The second-order valence-corrected chi connectivity index (χ2v) is 5.26. The number of rotatable bonds is 3. The van der Waals surface area contributed by atoms with E-state index in [2.05, 4.69) is 27.9 Å². The predicted octanol–water partition coefficient (Wildman–Crippen LogP) is 4.70. The Hall–Kier alpha value is -0.810. The van der Waals surface area contributed by atoms with Crippen LogP contribution in [-0.4, -0.2) is 0 Å². The largest absolute Gasteiger partial charge is 0.380 e. The van der Waals surface area contributed by atoms with Crippen molar-refractivity contribution in [2.24, 2.45) is 0 Å². The van der Waals surface area contributed by atoms with E-state index in [1.165, 1.54) is 12.1 Å². The zero-order valence-corrected chi connectivity index (χ0v) is 11.8. The fourth-order valence-corrected chi connectivity index (χ4v) is 2.36. The van der Waals surface area contributed by atoms with Crippen molar-refractivity contribution in [3.63, 3.8) is 0 Å². The van der Waals surface area contributed by atoms with Gasteiger partial charge in [-0.2, -0.15) is 0 Å². The highest BCUT2D eigenvalue weighted by Crippen LogP contribution is 2.24. The van der Waals surface area contributed by atoms with Crippen LogP contribution in [-0.2, 0) is 6.54 Å². The van der Waals surface area contributed by atoms with Crippen molar-refractivity contribution < 1.29 is 4.39 Å². The average molecular weight is 362 g/mol. The highest BCUT2D eigenvalue weighted by atomic mass is 127. The Morgan fingerprint density at radius 1 is 1.12 bits per heavy atom. The Morgan fingerprint density at radius 2 is 1.82 bits per heavy atom. The van der Waals surface area contributed by atoms with Gasteiger partial charge in [0.1, 0.15) is 5.82 Å². The van der Waals surface area contributed by atoms with Crippen molar-refractivity contribution in [3.8, 4) is 0 Å². The molecule has 0 atom stereocenters. The molecule has 88 valence electrons. The van der Waals surface area contributed by atoms with Crippen molar-refractivity contribution in [2.45, 2.75) is 6.54 Å². The Bertz CT molecular complexity index is 513. The van der Waals surface area contributed by atoms with Crippen LogP contribution in [0.5, 0.6) is 0 Å². The monoisotopic (exact) mass is 361 g/mol. The normalized spacial score (nSPS) is 10.3. The van der Waals surface area contributed by atoms with Gasteiger partial charge < -0.3 is 5.32 Å². The highest BCUT2D eigenvalue weighted by Gasteiger charge is 2.00. The number of nitrogens with one attached hydrogen (secondary N) is 1. The van der Waals surface area contributed by atoms with Gasteiger partial charge in [-0.25, -0.2) is 4.39 Å². The van der Waals surface area contributed by atoms with E-state index in [0.717, 1.165) is 14.8 Å². The molecule has 1 N–H and O–H groups in total. The molecule has 0 saturated heterocycles. The molecule has 0 bridgehead atoms. The summed E-state index contributed by atoms with van der Waals surface area (Å²) in [5, 5.41) is 3.91. The van der Waals surface area contributed by atoms with Gasteiger partial charge in [-0.05, 0) is 58.5 Å². The first-order valence-corrected chi connectivity index (χ1v) is 6.54. The molecule has 0 saturated carbocycles. The molecule has 0 unspecified atom stereocenters. The molecule has 0 aliphatic rings. The number of anilines is 1. The third-order valence-electron chi connectivity index (χ3n) is 2.33. The van der Waals surface area contributed by atoms with Gasteiger partial charge in [0, 0.05) is 10.1 Å². The van der Waals surface area contributed by atoms with Crippen molar-refractivity contribution in [1.82, 2.24) is 0 Å². The molecular formula is C13H10ClFIN. The maximum absolute atomic E-state index is 12.7. The molecule has 2 aromatic rings. The summed E-state index contributed by atoms with van der Waals surface area (Å²) in [6.45, 7) is 0.626. The lowest BCUT2D eigenvalue weighted by molar-refractivity contribution is 0.627. The van der Waals surface area contributed by atoms with Gasteiger partial charge in [0.2, 0.25) is 0 Å². The summed E-state index contributed by atoms with van der Waals surface area (Å²) in [5.41, 5.74) is 1.90. The van der Waals surface area contributed by atoms with Crippen LogP contribution in [0.1, 0.15) is 5.56 Å². The fourth-order valence-electron chi connectivity index (χ4n) is 1.43. The molecule has 0 heterocycles. The summed E-state index contributed by atoms with van der Waals surface area (Å²) in [4.78, 5) is 0. The molecule has 0 fully saturated rings. The minimum atomic E-state index is -0.221. The van der Waals surface area contributed by atoms with E-state index in [1.54, 1.807) is 12.1 Å². The third kappa shape index (κ3) is 3.57. The quantitative estimate of drug-likeness (QED) is 0.782. The van der Waals surface area contributed by atoms with Crippen LogP contribution in [0.4, 0.5) is 10.1 Å². The van der Waals surface area contributed by atoms with Crippen LogP contribution in [0.15, 0.2) is 42.5 Å². The summed E-state index contributed by atoms with van der Waals surface area (Å²) in [7, 11) is 0. The van der Waals surface area contributed by atoms with Crippen molar-refractivity contribution >= 4 is 39.9 Å². The average Bonchev–Trinajstić information content (AvgIpc) is 2.30. The molecule has 1 nitrogen and oxygen atoms in total. The van der Waals surface area contributed by atoms with E-state index in [-0.39, 0.29) is 5.82 Å². The van der Waals surface area contributed by atoms with Crippen LogP contribution in [0.3, 0.4) is 0 Å². The zero-order chi connectivity index (χ0) is 12.3. The fraction of sp³-hybridized carbons (Fsp3) is 0.0769. The first kappa shape index (κ1) is 12.6. The summed E-state index contributed by atoms with van der Waals surface area (Å²) in [5.74, 6) is -0.221. The summed E-state index contributed by atoms with van der Waals surface area (Å²) >= 11 is 8.31. The van der Waals surface area contributed by atoms with Crippen LogP contribution in [0, 0.1) is 9.39 Å². The second-order valence-electron chi connectivity index (χ2n) is 3.60. The van der Waals surface area contributed by atoms with Gasteiger partial charge in [-0.15, -0.1) is 0 Å². The Morgan fingerprint density at radius 3 is 2.47 bits per heavy atom. The minimum absolute atomic E-state index is 0.221. The van der Waals surface area contributed by atoms with Gasteiger partial charge in [-0.1, -0.05) is 23.7 Å². The third-order valence-corrected chi connectivity index (χ3v) is 3.31. The molecule has 2 aromatic carbocycles. The molecule has 4 heteroatoms. The molecule has 2 rings (SSSR count). The molecule has 17 heavy (non-hydrogen) atoms. The minimum Gasteiger partial charge on any atom is -0.380 e. The summed E-state index contributed by atoms with van der Waals surface area (Å²) < 4.78 is 13.8. The van der Waals surface area contributed by atoms with Crippen molar-refractivity contribution in [2.75, 3.05) is 5.32 Å². The number of hydrogen-bond donors (Lipinski definition) is 1. The summed E-state index contributed by atoms with van der Waals surface area (Å²) in [6.07, 6.45) is 0. The van der Waals surface area contributed by atoms with Gasteiger partial charge >= 0.3 is 0 Å². The Kier molecular flexibility index (Phi) is 4.23. The highest BCUT2D eigenvalue weighted by molar-refractivity contribution is 14.1. The molecule has 0 aliphatic carbocycles. The number of benzene rings is 2. The standard InChI is InChI=1S/C13H10ClFIN/c14-12-7-11(16)5-6-13(12)17-8-9-1-3-10(15)4-2-9/h1-7,17H,8H2. The zero-order valence-electron chi connectivity index (χ0n) is 8.88. The van der Waals surface area contributed by atoms with Crippen molar-refractivity contribution in [1.29, 1.82) is 0 Å². The summed E-state index contributed by atoms with van der Waals surface area (Å²) in [6, 6.07) is 12.2. The van der Waals surface area contributed by atoms with Crippen LogP contribution < -0.4 is 5.32 Å². The molecular weight excluding hydrogens is 352 g/mol. The number of hydrogen-bond acceptors (Lipinski definition) is 1. The number of halogens is 3. The first-order chi connectivity index (χ1) is 8.15. The SMILES string of the molecule is Fc1ccc(CNc2ccc(I)cc2Cl)cc1. The van der Waals surface area contributed by atoms with E-state index >= 15 is 0 Å². The van der Waals surface area contributed by atoms with E-state index in [9.17, 15) is 4.39 Å². The van der Waals surface area contributed by atoms with E-state index in [1.807, 2.05) is 18.2 Å². The lowest BCUT2D eigenvalue weighted by atomic mass is 10.2. The Balaban J connectivity index is 2.04. The molecule has 0 aromatic heterocycles. The van der Waals surface area contributed by atoms with Gasteiger partial charge in [0.15, 0.2) is 0 Å². The smallest absolute Gasteiger partial charge is 0.123 e. The lowest BCUT2D eigenvalue weighted by Crippen LogP contribution is -2.00. The maximum Gasteiger partial charge on any atom is 0.123 e.